The maximum Gasteiger partial charge on any atom is 0.214 e. The van der Waals surface area contributed by atoms with Gasteiger partial charge in [0.25, 0.3) is 0 Å². The Morgan fingerprint density at radius 3 is 2.96 bits per heavy atom. The molecule has 6 heteroatoms. The summed E-state index contributed by atoms with van der Waals surface area (Å²) >= 11 is 0. The number of nitriles is 2. The Balaban J connectivity index is 1.64. The van der Waals surface area contributed by atoms with Crippen LogP contribution in [-0.4, -0.2) is 29.7 Å². The Kier molecular flexibility index (Phi) is 4.88. The topological polar surface area (TPSA) is 85.8 Å². The number of ether oxygens (including phenoxy) is 1. The van der Waals surface area contributed by atoms with E-state index in [2.05, 4.69) is 27.0 Å². The predicted octanol–water partition coefficient (Wildman–Crippen LogP) is 2.52. The number of hydrogen-bond donors (Lipinski definition) is 0. The first-order valence-electron chi connectivity index (χ1n) is 7.89. The molecular weight excluding hydrogens is 302 g/mol. The summed E-state index contributed by atoms with van der Waals surface area (Å²) in [6, 6.07) is 11.3. The molecule has 0 N–H and O–H groups in total. The van der Waals surface area contributed by atoms with Crippen LogP contribution in [0.5, 0.6) is 5.88 Å². The number of nitrogens with zero attached hydrogens (tertiary/aromatic N) is 5. The van der Waals surface area contributed by atoms with Gasteiger partial charge in [0, 0.05) is 37.5 Å². The number of rotatable bonds is 4. The molecule has 3 rings (SSSR count). The highest BCUT2D eigenvalue weighted by atomic mass is 16.5. The average Bonchev–Trinajstić information content (AvgIpc) is 2.66. The van der Waals surface area contributed by atoms with Gasteiger partial charge in [-0.25, -0.2) is 9.97 Å². The Morgan fingerprint density at radius 1 is 1.21 bits per heavy atom. The van der Waals surface area contributed by atoms with Crippen molar-refractivity contribution in [1.29, 1.82) is 10.5 Å². The summed E-state index contributed by atoms with van der Waals surface area (Å²) in [5, 5.41) is 18.1. The van der Waals surface area contributed by atoms with Crippen molar-refractivity contribution in [3.05, 3.63) is 47.9 Å². The van der Waals surface area contributed by atoms with Gasteiger partial charge in [0.1, 0.15) is 6.07 Å². The van der Waals surface area contributed by atoms with E-state index in [0.29, 0.717) is 29.7 Å². The molecule has 0 aliphatic carbocycles. The van der Waals surface area contributed by atoms with Crippen molar-refractivity contribution in [2.45, 2.75) is 12.8 Å². The maximum absolute atomic E-state index is 9.22. The summed E-state index contributed by atoms with van der Waals surface area (Å²) in [4.78, 5) is 10.5. The van der Waals surface area contributed by atoms with Gasteiger partial charge < -0.3 is 9.64 Å². The molecule has 0 radical (unpaired) electrons. The van der Waals surface area contributed by atoms with Crippen LogP contribution in [0, 0.1) is 28.6 Å². The van der Waals surface area contributed by atoms with Gasteiger partial charge in [-0.15, -0.1) is 0 Å². The fourth-order valence-electron chi connectivity index (χ4n) is 2.92. The highest BCUT2D eigenvalue weighted by Crippen LogP contribution is 2.25. The van der Waals surface area contributed by atoms with Crippen molar-refractivity contribution in [3.63, 3.8) is 0 Å². The van der Waals surface area contributed by atoms with Crippen molar-refractivity contribution in [2.24, 2.45) is 5.92 Å². The van der Waals surface area contributed by atoms with Crippen LogP contribution in [0.15, 0.2) is 36.7 Å². The molecule has 0 aromatic carbocycles. The van der Waals surface area contributed by atoms with Crippen LogP contribution < -0.4 is 9.64 Å². The summed E-state index contributed by atoms with van der Waals surface area (Å²) in [5.41, 5.74) is 1.89. The lowest BCUT2D eigenvalue weighted by molar-refractivity contribution is 0.222. The van der Waals surface area contributed by atoms with Crippen molar-refractivity contribution >= 4 is 5.69 Å². The van der Waals surface area contributed by atoms with Crippen molar-refractivity contribution < 1.29 is 4.74 Å². The molecule has 2 aromatic rings. The van der Waals surface area contributed by atoms with E-state index in [9.17, 15) is 5.26 Å². The molecule has 3 heterocycles. The maximum atomic E-state index is 9.22. The molecule has 0 spiro atoms. The lowest BCUT2D eigenvalue weighted by Crippen LogP contribution is -2.38. The molecule has 0 saturated carbocycles. The van der Waals surface area contributed by atoms with E-state index in [0.717, 1.165) is 31.6 Å². The lowest BCUT2D eigenvalue weighted by Gasteiger charge is -2.34. The molecule has 120 valence electrons. The monoisotopic (exact) mass is 319 g/mol. The molecule has 1 saturated heterocycles. The second-order valence-corrected chi connectivity index (χ2v) is 5.74. The van der Waals surface area contributed by atoms with Crippen molar-refractivity contribution in [2.75, 3.05) is 24.6 Å². The van der Waals surface area contributed by atoms with Crippen LogP contribution in [0.3, 0.4) is 0 Å². The van der Waals surface area contributed by atoms with Gasteiger partial charge in [-0.2, -0.15) is 10.5 Å². The normalized spacial score (nSPS) is 16.9. The Labute approximate surface area is 141 Å². The Morgan fingerprint density at radius 2 is 2.12 bits per heavy atom. The third kappa shape index (κ3) is 3.61. The van der Waals surface area contributed by atoms with Crippen LogP contribution in [0.25, 0.3) is 0 Å². The highest BCUT2D eigenvalue weighted by Gasteiger charge is 2.23. The molecule has 1 fully saturated rings. The van der Waals surface area contributed by atoms with Crippen LogP contribution >= 0.6 is 0 Å². The first kappa shape index (κ1) is 15.8. The van der Waals surface area contributed by atoms with E-state index < -0.39 is 0 Å². The summed E-state index contributed by atoms with van der Waals surface area (Å²) in [7, 11) is 0. The summed E-state index contributed by atoms with van der Waals surface area (Å²) in [5.74, 6) is 0.823. The zero-order chi connectivity index (χ0) is 16.8. The molecule has 1 aliphatic heterocycles. The van der Waals surface area contributed by atoms with Gasteiger partial charge in [0.15, 0.2) is 5.69 Å². The largest absolute Gasteiger partial charge is 0.477 e. The number of piperidine rings is 1. The fraction of sp³-hybridized carbons (Fsp3) is 0.333. The van der Waals surface area contributed by atoms with Crippen LogP contribution in [-0.2, 0) is 0 Å². The summed E-state index contributed by atoms with van der Waals surface area (Å²) < 4.78 is 5.76. The number of pyridine rings is 2. The molecule has 6 nitrogen and oxygen atoms in total. The summed E-state index contributed by atoms with van der Waals surface area (Å²) in [6.07, 6.45) is 5.33. The molecule has 1 aliphatic rings. The quantitative estimate of drug-likeness (QED) is 0.860. The minimum Gasteiger partial charge on any atom is -0.477 e. The number of aromatic nitrogens is 2. The third-order valence-corrected chi connectivity index (χ3v) is 4.08. The van der Waals surface area contributed by atoms with E-state index >= 15 is 0 Å². The Bertz CT molecular complexity index is 792. The van der Waals surface area contributed by atoms with Gasteiger partial charge in [0.2, 0.25) is 5.88 Å². The van der Waals surface area contributed by atoms with E-state index in [1.165, 1.54) is 0 Å². The minimum absolute atomic E-state index is 0.345. The first-order valence-corrected chi connectivity index (χ1v) is 7.89. The van der Waals surface area contributed by atoms with Crippen LogP contribution in [0.1, 0.15) is 24.1 Å². The second kappa shape index (κ2) is 7.43. The first-order chi connectivity index (χ1) is 11.8. The van der Waals surface area contributed by atoms with E-state index in [-0.39, 0.29) is 0 Å². The standard InChI is InChI=1S/C18H17N5O/c19-10-14-5-7-22-18(9-14)24-13-15-3-2-8-23(12-15)17-4-1-6-21-16(17)11-20/h1,4-7,9,15H,2-3,8,12-13H2. The zero-order valence-electron chi connectivity index (χ0n) is 13.2. The summed E-state index contributed by atoms with van der Waals surface area (Å²) in [6.45, 7) is 2.28. The van der Waals surface area contributed by atoms with Crippen molar-refractivity contribution in [1.82, 2.24) is 9.97 Å². The predicted molar refractivity (Wildman–Crippen MR) is 88.3 cm³/mol. The van der Waals surface area contributed by atoms with E-state index in [1.54, 1.807) is 24.5 Å². The smallest absolute Gasteiger partial charge is 0.214 e. The number of hydrogen-bond acceptors (Lipinski definition) is 6. The molecule has 1 atom stereocenters. The SMILES string of the molecule is N#Cc1ccnc(OCC2CCCN(c3cccnc3C#N)C2)c1. The lowest BCUT2D eigenvalue weighted by atomic mass is 9.98. The number of anilines is 1. The van der Waals surface area contributed by atoms with Gasteiger partial charge in [0.05, 0.1) is 23.9 Å². The van der Waals surface area contributed by atoms with Crippen LogP contribution in [0.2, 0.25) is 0 Å². The van der Waals surface area contributed by atoms with Gasteiger partial charge in [-0.3, -0.25) is 0 Å². The van der Waals surface area contributed by atoms with Gasteiger partial charge in [-0.05, 0) is 31.0 Å². The Hall–Kier alpha value is -3.12. The molecule has 0 amide bonds. The van der Waals surface area contributed by atoms with Gasteiger partial charge in [-0.1, -0.05) is 0 Å². The molecule has 24 heavy (non-hydrogen) atoms. The molecule has 0 bridgehead atoms. The molecular formula is C18H17N5O. The second-order valence-electron chi connectivity index (χ2n) is 5.74. The third-order valence-electron chi connectivity index (χ3n) is 4.08. The van der Waals surface area contributed by atoms with E-state index in [4.69, 9.17) is 10.00 Å². The minimum atomic E-state index is 0.345. The van der Waals surface area contributed by atoms with E-state index in [1.807, 2.05) is 12.1 Å². The average molecular weight is 319 g/mol. The molecule has 1 unspecified atom stereocenters. The van der Waals surface area contributed by atoms with Crippen molar-refractivity contribution in [3.8, 4) is 18.0 Å². The highest BCUT2D eigenvalue weighted by molar-refractivity contribution is 5.55. The van der Waals surface area contributed by atoms with Gasteiger partial charge >= 0.3 is 0 Å². The van der Waals surface area contributed by atoms with Crippen LogP contribution in [0.4, 0.5) is 5.69 Å². The molecule has 2 aromatic heterocycles. The zero-order valence-corrected chi connectivity index (χ0v) is 13.2. The fourth-order valence-corrected chi connectivity index (χ4v) is 2.92.